The highest BCUT2D eigenvalue weighted by Crippen LogP contribution is 2.29. The molecule has 0 bridgehead atoms. The zero-order valence-corrected chi connectivity index (χ0v) is 14.7. The molecule has 0 amide bonds. The Balaban J connectivity index is 2.01. The molecule has 2 aromatic heterocycles. The molecule has 27 heavy (non-hydrogen) atoms. The number of para-hydroxylation sites is 2. The van der Waals surface area contributed by atoms with E-state index in [2.05, 4.69) is 4.98 Å². The van der Waals surface area contributed by atoms with Crippen molar-refractivity contribution in [3.05, 3.63) is 89.3 Å². The molecule has 0 N–H and O–H groups in total. The lowest BCUT2D eigenvalue weighted by molar-refractivity contribution is 0.415. The normalized spacial score (nSPS) is 11.3. The van der Waals surface area contributed by atoms with Crippen LogP contribution in [0.4, 0.5) is 0 Å². The van der Waals surface area contributed by atoms with E-state index >= 15 is 0 Å². The molecule has 0 saturated heterocycles. The van der Waals surface area contributed by atoms with Crippen LogP contribution >= 0.6 is 0 Å². The summed E-state index contributed by atoms with van der Waals surface area (Å²) in [5.74, 6) is 0.733. The fourth-order valence-corrected chi connectivity index (χ4v) is 3.69. The van der Waals surface area contributed by atoms with Gasteiger partial charge in [-0.05, 0) is 36.4 Å². The summed E-state index contributed by atoms with van der Waals surface area (Å²) in [5.41, 5.74) is 2.37. The molecule has 0 saturated carbocycles. The molecule has 0 atom stereocenters. The summed E-state index contributed by atoms with van der Waals surface area (Å²) in [6.45, 7) is 0. The number of methoxy groups -OCH3 is 1. The highest BCUT2D eigenvalue weighted by molar-refractivity contribution is 6.07. The van der Waals surface area contributed by atoms with Crippen LogP contribution in [0.1, 0.15) is 0 Å². The maximum Gasteiger partial charge on any atom is 0.263 e. The first-order valence-electron chi connectivity index (χ1n) is 8.73. The second kappa shape index (κ2) is 5.95. The van der Waals surface area contributed by atoms with Gasteiger partial charge in [-0.3, -0.25) is 14.3 Å². The van der Waals surface area contributed by atoms with Gasteiger partial charge >= 0.3 is 0 Å². The van der Waals surface area contributed by atoms with E-state index in [4.69, 9.17) is 4.74 Å². The first-order chi connectivity index (χ1) is 13.3. The van der Waals surface area contributed by atoms with Gasteiger partial charge in [0.2, 0.25) is 0 Å². The first-order valence-corrected chi connectivity index (χ1v) is 8.73. The maximum atomic E-state index is 13.5. The molecule has 0 radical (unpaired) electrons. The molecule has 2 heterocycles. The lowest BCUT2D eigenvalue weighted by Crippen LogP contribution is -2.19. The number of nitrogens with zero attached hydrogens (tertiary/aromatic N) is 2. The summed E-state index contributed by atoms with van der Waals surface area (Å²) < 4.78 is 7.13. The maximum absolute atomic E-state index is 13.5. The van der Waals surface area contributed by atoms with Crippen LogP contribution in [-0.4, -0.2) is 16.7 Å². The number of ether oxygens (including phenoxy) is 1. The van der Waals surface area contributed by atoms with Gasteiger partial charge in [0.25, 0.3) is 5.56 Å². The number of hydrogen-bond donors (Lipinski definition) is 0. The summed E-state index contributed by atoms with van der Waals surface area (Å²) >= 11 is 0. The molecule has 0 aliphatic rings. The van der Waals surface area contributed by atoms with Crippen molar-refractivity contribution in [2.24, 2.45) is 0 Å². The first kappa shape index (κ1) is 15.6. The van der Waals surface area contributed by atoms with Gasteiger partial charge in [-0.25, -0.2) is 0 Å². The van der Waals surface area contributed by atoms with E-state index in [0.29, 0.717) is 5.39 Å². The van der Waals surface area contributed by atoms with Gasteiger partial charge in [-0.2, -0.15) is 0 Å². The van der Waals surface area contributed by atoms with Crippen LogP contribution < -0.4 is 10.3 Å². The molecule has 0 fully saturated rings. The van der Waals surface area contributed by atoms with Gasteiger partial charge in [0.05, 0.1) is 23.8 Å². The van der Waals surface area contributed by atoms with E-state index in [1.807, 2.05) is 72.8 Å². The number of benzene rings is 3. The number of pyridine rings is 2. The third-order valence-electron chi connectivity index (χ3n) is 4.95. The molecule has 0 spiro atoms. The minimum absolute atomic E-state index is 0.0653. The lowest BCUT2D eigenvalue weighted by Gasteiger charge is -2.15. The third-order valence-corrected chi connectivity index (χ3v) is 4.95. The number of fused-ring (bicyclic) bond motifs is 4. The smallest absolute Gasteiger partial charge is 0.263 e. The number of rotatable bonds is 2. The molecule has 0 unspecified atom stereocenters. The molecule has 3 aromatic carbocycles. The Morgan fingerprint density at radius 2 is 1.70 bits per heavy atom. The van der Waals surface area contributed by atoms with Crippen molar-refractivity contribution in [2.45, 2.75) is 0 Å². The summed E-state index contributed by atoms with van der Waals surface area (Å²) in [6.07, 6.45) is 1.75. The van der Waals surface area contributed by atoms with Gasteiger partial charge in [0.15, 0.2) is 0 Å². The Morgan fingerprint density at radius 3 is 2.59 bits per heavy atom. The second-order valence-corrected chi connectivity index (χ2v) is 6.42. The Bertz CT molecular complexity index is 1380. The molecule has 4 heteroatoms. The standard InChI is InChI=1S/C23H16N2O2/c1-27-16-11-12-18-19(14-16)17-8-2-3-9-20(17)25(23(18)26)21-10-4-6-15-7-5-13-24-22(15)21/h2-14H,1H3. The fourth-order valence-electron chi connectivity index (χ4n) is 3.69. The fraction of sp³-hybridized carbons (Fsp3) is 0.0435. The van der Waals surface area contributed by atoms with Gasteiger partial charge in [0, 0.05) is 27.7 Å². The van der Waals surface area contributed by atoms with Crippen LogP contribution in [0.3, 0.4) is 0 Å². The van der Waals surface area contributed by atoms with Gasteiger partial charge < -0.3 is 4.74 Å². The summed E-state index contributed by atoms with van der Waals surface area (Å²) in [4.78, 5) is 18.0. The topological polar surface area (TPSA) is 44.1 Å². The molecular formula is C23H16N2O2. The molecule has 130 valence electrons. The zero-order valence-electron chi connectivity index (χ0n) is 14.7. The van der Waals surface area contributed by atoms with Crippen LogP contribution in [-0.2, 0) is 0 Å². The van der Waals surface area contributed by atoms with Crippen LogP contribution in [0.5, 0.6) is 5.75 Å². The molecule has 5 rings (SSSR count). The van der Waals surface area contributed by atoms with Crippen molar-refractivity contribution >= 4 is 32.6 Å². The summed E-state index contributed by atoms with van der Waals surface area (Å²) in [6, 6.07) is 23.3. The Hall–Kier alpha value is -3.66. The summed E-state index contributed by atoms with van der Waals surface area (Å²) in [5, 5.41) is 3.54. The predicted octanol–water partition coefficient (Wildman–Crippen LogP) is 4.70. The van der Waals surface area contributed by atoms with E-state index in [1.165, 1.54) is 0 Å². The van der Waals surface area contributed by atoms with E-state index in [9.17, 15) is 4.79 Å². The van der Waals surface area contributed by atoms with Crippen LogP contribution in [0.2, 0.25) is 0 Å². The highest BCUT2D eigenvalue weighted by atomic mass is 16.5. The monoisotopic (exact) mass is 352 g/mol. The van der Waals surface area contributed by atoms with E-state index in [1.54, 1.807) is 17.9 Å². The van der Waals surface area contributed by atoms with Crippen LogP contribution in [0, 0.1) is 0 Å². The lowest BCUT2D eigenvalue weighted by atomic mass is 10.0. The van der Waals surface area contributed by atoms with Crippen LogP contribution in [0.25, 0.3) is 38.3 Å². The molecule has 0 aliphatic heterocycles. The molecule has 5 aromatic rings. The Kier molecular flexibility index (Phi) is 3.44. The quantitative estimate of drug-likeness (QED) is 0.433. The van der Waals surface area contributed by atoms with Gasteiger partial charge in [-0.15, -0.1) is 0 Å². The highest BCUT2D eigenvalue weighted by Gasteiger charge is 2.14. The third kappa shape index (κ3) is 2.30. The van der Waals surface area contributed by atoms with Crippen molar-refractivity contribution in [3.63, 3.8) is 0 Å². The van der Waals surface area contributed by atoms with E-state index in [-0.39, 0.29) is 5.56 Å². The molecular weight excluding hydrogens is 336 g/mol. The van der Waals surface area contributed by atoms with Gasteiger partial charge in [0.1, 0.15) is 5.75 Å². The number of hydrogen-bond acceptors (Lipinski definition) is 3. The number of aromatic nitrogens is 2. The SMILES string of the molecule is COc1ccc2c(=O)n(-c3cccc4cccnc34)c3ccccc3c2c1. The average molecular weight is 352 g/mol. The predicted molar refractivity (Wildman–Crippen MR) is 109 cm³/mol. The summed E-state index contributed by atoms with van der Waals surface area (Å²) in [7, 11) is 1.63. The molecule has 0 aliphatic carbocycles. The van der Waals surface area contributed by atoms with Gasteiger partial charge in [-0.1, -0.05) is 36.4 Å². The van der Waals surface area contributed by atoms with Crippen molar-refractivity contribution in [3.8, 4) is 11.4 Å². The minimum atomic E-state index is -0.0653. The van der Waals surface area contributed by atoms with Crippen molar-refractivity contribution in [1.29, 1.82) is 0 Å². The average Bonchev–Trinajstić information content (AvgIpc) is 2.73. The van der Waals surface area contributed by atoms with Crippen molar-refractivity contribution in [2.75, 3.05) is 7.11 Å². The Morgan fingerprint density at radius 1 is 0.852 bits per heavy atom. The zero-order chi connectivity index (χ0) is 18.4. The van der Waals surface area contributed by atoms with E-state index < -0.39 is 0 Å². The van der Waals surface area contributed by atoms with Crippen molar-refractivity contribution < 1.29 is 4.74 Å². The van der Waals surface area contributed by atoms with Crippen molar-refractivity contribution in [1.82, 2.24) is 9.55 Å². The largest absolute Gasteiger partial charge is 0.497 e. The molecule has 4 nitrogen and oxygen atoms in total. The minimum Gasteiger partial charge on any atom is -0.497 e. The van der Waals surface area contributed by atoms with E-state index in [0.717, 1.165) is 38.6 Å². The second-order valence-electron chi connectivity index (χ2n) is 6.42. The van der Waals surface area contributed by atoms with Crippen LogP contribution in [0.15, 0.2) is 83.8 Å². The Labute approximate surface area is 155 Å².